The van der Waals surface area contributed by atoms with Gasteiger partial charge in [0, 0.05) is 0 Å². The number of benzene rings is 2. The summed E-state index contributed by atoms with van der Waals surface area (Å²) in [6.07, 6.45) is 7.28. The molecule has 0 N–H and O–H groups in total. The Bertz CT molecular complexity index is 552. The summed E-state index contributed by atoms with van der Waals surface area (Å²) in [5.74, 6) is 0. The zero-order chi connectivity index (χ0) is 13.9. The Morgan fingerprint density at radius 2 is 1.15 bits per heavy atom. The minimum atomic E-state index is 1.20. The first kappa shape index (κ1) is 13.4. The van der Waals surface area contributed by atoms with Gasteiger partial charge in [-0.2, -0.15) is 0 Å². The van der Waals surface area contributed by atoms with Crippen LogP contribution in [0.5, 0.6) is 0 Å². The molecule has 1 aliphatic carbocycles. The molecule has 2 aromatic carbocycles. The van der Waals surface area contributed by atoms with Crippen LogP contribution in [0, 0.1) is 0 Å². The van der Waals surface area contributed by atoms with Gasteiger partial charge >= 0.3 is 0 Å². The maximum atomic E-state index is 2.43. The summed E-state index contributed by atoms with van der Waals surface area (Å²) in [6, 6.07) is 14.2. The minimum Gasteiger partial charge on any atom is -0.0651 e. The van der Waals surface area contributed by atoms with E-state index < -0.39 is 0 Å². The predicted octanol–water partition coefficient (Wildman–Crippen LogP) is 5.36. The summed E-state index contributed by atoms with van der Waals surface area (Å²) in [4.78, 5) is 0. The average Bonchev–Trinajstić information content (AvgIpc) is 2.47. The van der Waals surface area contributed by atoms with Crippen LogP contribution in [0.4, 0.5) is 0 Å². The lowest BCUT2D eigenvalue weighted by molar-refractivity contribution is 0.890. The molecule has 0 radical (unpaired) electrons. The number of aryl methyl sites for hydroxylation is 4. The molecule has 0 nitrogen and oxygen atoms in total. The van der Waals surface area contributed by atoms with Crippen molar-refractivity contribution in [2.24, 2.45) is 0 Å². The second-order valence-electron chi connectivity index (χ2n) is 5.98. The molecule has 104 valence electrons. The molecule has 1 aliphatic rings. The van der Waals surface area contributed by atoms with Crippen LogP contribution in [0.15, 0.2) is 36.4 Å². The van der Waals surface area contributed by atoms with Crippen LogP contribution in [-0.4, -0.2) is 0 Å². The van der Waals surface area contributed by atoms with E-state index in [1.165, 1.54) is 60.8 Å². The van der Waals surface area contributed by atoms with Gasteiger partial charge in [-0.25, -0.2) is 0 Å². The SMILES string of the molecule is CCCc1ccc2c(c1)CCc1cc(CCC)ccc1-2. The number of rotatable bonds is 4. The van der Waals surface area contributed by atoms with E-state index >= 15 is 0 Å². The van der Waals surface area contributed by atoms with Crippen molar-refractivity contribution in [3.63, 3.8) is 0 Å². The summed E-state index contributed by atoms with van der Waals surface area (Å²) in [5.41, 5.74) is 9.02. The maximum absolute atomic E-state index is 2.43. The van der Waals surface area contributed by atoms with Crippen LogP contribution < -0.4 is 0 Å². The third-order valence-electron chi connectivity index (χ3n) is 4.37. The van der Waals surface area contributed by atoms with Crippen molar-refractivity contribution in [3.05, 3.63) is 58.7 Å². The molecule has 20 heavy (non-hydrogen) atoms. The molecule has 0 fully saturated rings. The van der Waals surface area contributed by atoms with Crippen LogP contribution in [0.25, 0.3) is 11.1 Å². The first-order valence-electron chi connectivity index (χ1n) is 8.05. The van der Waals surface area contributed by atoms with Crippen molar-refractivity contribution in [1.29, 1.82) is 0 Å². The van der Waals surface area contributed by atoms with Crippen molar-refractivity contribution < 1.29 is 0 Å². The smallest absolute Gasteiger partial charge is 0.0149 e. The van der Waals surface area contributed by atoms with E-state index in [1.807, 2.05) is 0 Å². The summed E-state index contributed by atoms with van der Waals surface area (Å²) in [6.45, 7) is 4.51. The molecular formula is C20H24. The summed E-state index contributed by atoms with van der Waals surface area (Å²) in [7, 11) is 0. The van der Waals surface area contributed by atoms with Crippen molar-refractivity contribution in [2.75, 3.05) is 0 Å². The Kier molecular flexibility index (Phi) is 3.91. The first-order chi connectivity index (χ1) is 9.81. The fraction of sp³-hybridized carbons (Fsp3) is 0.400. The fourth-order valence-electron chi connectivity index (χ4n) is 3.39. The van der Waals surface area contributed by atoms with Crippen molar-refractivity contribution in [2.45, 2.75) is 52.4 Å². The van der Waals surface area contributed by atoms with Gasteiger partial charge in [0.15, 0.2) is 0 Å². The third-order valence-corrected chi connectivity index (χ3v) is 4.37. The molecule has 0 spiro atoms. The van der Waals surface area contributed by atoms with Crippen molar-refractivity contribution in [3.8, 4) is 11.1 Å². The average molecular weight is 264 g/mol. The maximum Gasteiger partial charge on any atom is -0.0149 e. The van der Waals surface area contributed by atoms with Gasteiger partial charge in [-0.05, 0) is 59.1 Å². The Hall–Kier alpha value is -1.56. The Morgan fingerprint density at radius 3 is 1.55 bits per heavy atom. The summed E-state index contributed by atoms with van der Waals surface area (Å²) in [5, 5.41) is 0. The topological polar surface area (TPSA) is 0 Å². The number of hydrogen-bond acceptors (Lipinski definition) is 0. The molecule has 0 aliphatic heterocycles. The molecule has 0 heteroatoms. The Labute approximate surface area is 122 Å². The molecule has 0 aromatic heterocycles. The molecule has 0 amide bonds. The highest BCUT2D eigenvalue weighted by molar-refractivity contribution is 5.73. The molecule has 0 unspecified atom stereocenters. The molecule has 2 aromatic rings. The standard InChI is InChI=1S/C20H24/c1-3-5-15-7-11-19-17(13-15)9-10-18-14-16(6-4-2)8-12-20(18)19/h7-8,11-14H,3-6,9-10H2,1-2H3. The molecule has 0 saturated carbocycles. The van der Waals surface area contributed by atoms with Gasteiger partial charge in [0.1, 0.15) is 0 Å². The lowest BCUT2D eigenvalue weighted by Crippen LogP contribution is -2.05. The van der Waals surface area contributed by atoms with Crippen LogP contribution in [0.3, 0.4) is 0 Å². The molecular weight excluding hydrogens is 240 g/mol. The van der Waals surface area contributed by atoms with E-state index in [1.54, 1.807) is 11.1 Å². The van der Waals surface area contributed by atoms with Crippen LogP contribution in [0.1, 0.15) is 48.9 Å². The van der Waals surface area contributed by atoms with E-state index in [2.05, 4.69) is 50.2 Å². The Balaban J connectivity index is 1.98. The van der Waals surface area contributed by atoms with Gasteiger partial charge in [0.2, 0.25) is 0 Å². The lowest BCUT2D eigenvalue weighted by atomic mass is 9.83. The van der Waals surface area contributed by atoms with Crippen LogP contribution in [-0.2, 0) is 25.7 Å². The van der Waals surface area contributed by atoms with E-state index in [-0.39, 0.29) is 0 Å². The molecule has 0 saturated heterocycles. The summed E-state index contributed by atoms with van der Waals surface area (Å²) >= 11 is 0. The highest BCUT2D eigenvalue weighted by Gasteiger charge is 2.16. The molecule has 0 heterocycles. The quantitative estimate of drug-likeness (QED) is 0.697. The zero-order valence-corrected chi connectivity index (χ0v) is 12.7. The van der Waals surface area contributed by atoms with Gasteiger partial charge in [-0.15, -0.1) is 0 Å². The van der Waals surface area contributed by atoms with Gasteiger partial charge in [-0.1, -0.05) is 63.1 Å². The van der Waals surface area contributed by atoms with E-state index in [0.717, 1.165) is 0 Å². The zero-order valence-electron chi connectivity index (χ0n) is 12.7. The van der Waals surface area contributed by atoms with Gasteiger partial charge in [-0.3, -0.25) is 0 Å². The van der Waals surface area contributed by atoms with Crippen LogP contribution >= 0.6 is 0 Å². The van der Waals surface area contributed by atoms with Gasteiger partial charge < -0.3 is 0 Å². The largest absolute Gasteiger partial charge is 0.0651 e. The van der Waals surface area contributed by atoms with Crippen LogP contribution in [0.2, 0.25) is 0 Å². The lowest BCUT2D eigenvalue weighted by Gasteiger charge is -2.21. The monoisotopic (exact) mass is 264 g/mol. The third kappa shape index (κ3) is 2.52. The predicted molar refractivity (Wildman–Crippen MR) is 87.3 cm³/mol. The minimum absolute atomic E-state index is 1.20. The van der Waals surface area contributed by atoms with Gasteiger partial charge in [0.05, 0.1) is 0 Å². The second kappa shape index (κ2) is 5.83. The Morgan fingerprint density at radius 1 is 0.700 bits per heavy atom. The summed E-state index contributed by atoms with van der Waals surface area (Å²) < 4.78 is 0. The van der Waals surface area contributed by atoms with E-state index in [9.17, 15) is 0 Å². The molecule has 3 rings (SSSR count). The highest BCUT2D eigenvalue weighted by Crippen LogP contribution is 2.34. The molecule has 0 atom stereocenters. The molecule has 0 bridgehead atoms. The number of fused-ring (bicyclic) bond motifs is 3. The van der Waals surface area contributed by atoms with Crippen molar-refractivity contribution in [1.82, 2.24) is 0 Å². The number of hydrogen-bond donors (Lipinski definition) is 0. The van der Waals surface area contributed by atoms with Crippen molar-refractivity contribution >= 4 is 0 Å². The highest BCUT2D eigenvalue weighted by atomic mass is 14.2. The normalized spacial score (nSPS) is 12.9. The first-order valence-corrected chi connectivity index (χ1v) is 8.05. The van der Waals surface area contributed by atoms with E-state index in [0.29, 0.717) is 0 Å². The fourth-order valence-corrected chi connectivity index (χ4v) is 3.39. The second-order valence-corrected chi connectivity index (χ2v) is 5.98. The van der Waals surface area contributed by atoms with Gasteiger partial charge in [0.25, 0.3) is 0 Å². The van der Waals surface area contributed by atoms with E-state index in [4.69, 9.17) is 0 Å².